The molecule has 1 atom stereocenters. The number of para-hydroxylation sites is 1. The van der Waals surface area contributed by atoms with Gasteiger partial charge in [0.1, 0.15) is 11.9 Å². The lowest BCUT2D eigenvalue weighted by Gasteiger charge is -2.27. The number of anilines is 1. The van der Waals surface area contributed by atoms with Crippen LogP contribution in [0.5, 0.6) is 0 Å². The van der Waals surface area contributed by atoms with E-state index in [-0.39, 0.29) is 17.7 Å². The summed E-state index contributed by atoms with van der Waals surface area (Å²) in [4.78, 5) is 33.8. The van der Waals surface area contributed by atoms with Gasteiger partial charge in [-0.2, -0.15) is 0 Å². The first-order valence-electron chi connectivity index (χ1n) is 11.1. The molecule has 0 bridgehead atoms. The Labute approximate surface area is 182 Å². The molecule has 1 aromatic carbocycles. The van der Waals surface area contributed by atoms with Crippen LogP contribution in [0.4, 0.5) is 5.82 Å². The minimum absolute atomic E-state index is 0.0217. The Balaban J connectivity index is 1.53. The van der Waals surface area contributed by atoms with Gasteiger partial charge in [-0.25, -0.2) is 4.98 Å². The van der Waals surface area contributed by atoms with Crippen molar-refractivity contribution in [3.05, 3.63) is 59.9 Å². The molecule has 0 aliphatic heterocycles. The van der Waals surface area contributed by atoms with Crippen molar-refractivity contribution in [2.75, 3.05) is 5.32 Å². The number of H-pyrrole nitrogens is 1. The van der Waals surface area contributed by atoms with Crippen molar-refractivity contribution in [2.24, 2.45) is 11.8 Å². The molecule has 3 aromatic rings. The molecule has 3 N–H and O–H groups in total. The van der Waals surface area contributed by atoms with Gasteiger partial charge in [0.25, 0.3) is 0 Å². The standard InChI is InChI=1S/C25H30N4O2/c1-16-10-12-18(13-11-16)24(30)28-22(25(31)29-23-9-5-6-17(2)27-23)14-19-15-26-21-8-4-3-7-20(19)21/h3-9,15-16,18,22,26H,10-14H2,1-2H3,(H,28,30)(H,27,29,31). The van der Waals surface area contributed by atoms with E-state index >= 15 is 0 Å². The Morgan fingerprint density at radius 1 is 1.10 bits per heavy atom. The number of fused-ring (bicyclic) bond motifs is 1. The zero-order valence-electron chi connectivity index (χ0n) is 18.2. The number of amides is 2. The van der Waals surface area contributed by atoms with Crippen LogP contribution < -0.4 is 10.6 Å². The highest BCUT2D eigenvalue weighted by atomic mass is 16.2. The van der Waals surface area contributed by atoms with Crippen molar-refractivity contribution in [2.45, 2.75) is 52.0 Å². The topological polar surface area (TPSA) is 86.9 Å². The Morgan fingerprint density at radius 3 is 2.65 bits per heavy atom. The monoisotopic (exact) mass is 418 g/mol. The molecule has 2 aromatic heterocycles. The summed E-state index contributed by atoms with van der Waals surface area (Å²) in [7, 11) is 0. The molecule has 2 heterocycles. The first kappa shape index (κ1) is 21.1. The van der Waals surface area contributed by atoms with Gasteiger partial charge in [0.15, 0.2) is 0 Å². The van der Waals surface area contributed by atoms with Gasteiger partial charge in [0, 0.05) is 35.1 Å². The van der Waals surface area contributed by atoms with E-state index < -0.39 is 6.04 Å². The van der Waals surface area contributed by atoms with Crippen LogP contribution in [-0.2, 0) is 16.0 Å². The number of aromatic nitrogens is 2. The fraction of sp³-hybridized carbons (Fsp3) is 0.400. The minimum Gasteiger partial charge on any atom is -0.361 e. The maximum atomic E-state index is 13.2. The predicted octanol–water partition coefficient (Wildman–Crippen LogP) is 4.36. The maximum Gasteiger partial charge on any atom is 0.248 e. The summed E-state index contributed by atoms with van der Waals surface area (Å²) in [5, 5.41) is 6.99. The molecule has 0 radical (unpaired) electrons. The molecule has 2 amide bonds. The molecule has 4 rings (SSSR count). The van der Waals surface area contributed by atoms with Crippen molar-refractivity contribution in [3.8, 4) is 0 Å². The summed E-state index contributed by atoms with van der Waals surface area (Å²) < 4.78 is 0. The van der Waals surface area contributed by atoms with E-state index in [4.69, 9.17) is 0 Å². The van der Waals surface area contributed by atoms with Crippen molar-refractivity contribution < 1.29 is 9.59 Å². The number of hydrogen-bond donors (Lipinski definition) is 3. The molecule has 6 nitrogen and oxygen atoms in total. The summed E-state index contributed by atoms with van der Waals surface area (Å²) in [5.74, 6) is 0.869. The van der Waals surface area contributed by atoms with Crippen LogP contribution in [0.3, 0.4) is 0 Å². The zero-order valence-corrected chi connectivity index (χ0v) is 18.2. The van der Waals surface area contributed by atoms with Gasteiger partial charge >= 0.3 is 0 Å². The summed E-state index contributed by atoms with van der Waals surface area (Å²) in [6.45, 7) is 4.11. The predicted molar refractivity (Wildman–Crippen MR) is 123 cm³/mol. The second-order valence-corrected chi connectivity index (χ2v) is 8.74. The Hall–Kier alpha value is -3.15. The van der Waals surface area contributed by atoms with Crippen LogP contribution in [0.25, 0.3) is 10.9 Å². The Morgan fingerprint density at radius 2 is 1.87 bits per heavy atom. The molecule has 1 saturated carbocycles. The number of carbonyl (C=O) groups is 2. The van der Waals surface area contributed by atoms with E-state index in [1.54, 1.807) is 6.07 Å². The molecule has 0 saturated heterocycles. The highest BCUT2D eigenvalue weighted by Gasteiger charge is 2.29. The zero-order chi connectivity index (χ0) is 21.8. The first-order chi connectivity index (χ1) is 15.0. The van der Waals surface area contributed by atoms with E-state index in [0.29, 0.717) is 18.2 Å². The largest absolute Gasteiger partial charge is 0.361 e. The third-order valence-corrected chi connectivity index (χ3v) is 6.26. The lowest BCUT2D eigenvalue weighted by atomic mass is 9.82. The second-order valence-electron chi connectivity index (χ2n) is 8.74. The summed E-state index contributed by atoms with van der Waals surface area (Å²) >= 11 is 0. The third-order valence-electron chi connectivity index (χ3n) is 6.26. The molecule has 1 unspecified atom stereocenters. The molecule has 1 fully saturated rings. The van der Waals surface area contributed by atoms with Crippen molar-refractivity contribution >= 4 is 28.5 Å². The average Bonchev–Trinajstić information content (AvgIpc) is 3.16. The number of aryl methyl sites for hydroxylation is 1. The van der Waals surface area contributed by atoms with Gasteiger partial charge in [0.2, 0.25) is 11.8 Å². The molecular formula is C25H30N4O2. The smallest absolute Gasteiger partial charge is 0.248 e. The van der Waals surface area contributed by atoms with Gasteiger partial charge < -0.3 is 15.6 Å². The van der Waals surface area contributed by atoms with Crippen molar-refractivity contribution in [3.63, 3.8) is 0 Å². The van der Waals surface area contributed by atoms with Crippen LogP contribution >= 0.6 is 0 Å². The number of pyridine rings is 1. The van der Waals surface area contributed by atoms with Crippen molar-refractivity contribution in [1.29, 1.82) is 0 Å². The molecule has 162 valence electrons. The number of benzene rings is 1. The number of nitrogens with zero attached hydrogens (tertiary/aromatic N) is 1. The van der Waals surface area contributed by atoms with Gasteiger partial charge in [-0.05, 0) is 62.3 Å². The lowest BCUT2D eigenvalue weighted by Crippen LogP contribution is -2.47. The quantitative estimate of drug-likeness (QED) is 0.556. The maximum absolute atomic E-state index is 13.2. The van der Waals surface area contributed by atoms with Crippen LogP contribution in [0.2, 0.25) is 0 Å². The first-order valence-corrected chi connectivity index (χ1v) is 11.1. The molecule has 1 aliphatic carbocycles. The van der Waals surface area contributed by atoms with E-state index in [1.165, 1.54) is 0 Å². The third kappa shape index (κ3) is 5.13. The van der Waals surface area contributed by atoms with Gasteiger partial charge in [-0.15, -0.1) is 0 Å². The van der Waals surface area contributed by atoms with Crippen molar-refractivity contribution in [1.82, 2.24) is 15.3 Å². The van der Waals surface area contributed by atoms with Gasteiger partial charge in [0.05, 0.1) is 0 Å². The van der Waals surface area contributed by atoms with E-state index in [9.17, 15) is 9.59 Å². The van der Waals surface area contributed by atoms with Crippen LogP contribution in [0.15, 0.2) is 48.7 Å². The number of nitrogens with one attached hydrogen (secondary N) is 3. The minimum atomic E-state index is -0.673. The number of hydrogen-bond acceptors (Lipinski definition) is 3. The van der Waals surface area contributed by atoms with Crippen LogP contribution in [0.1, 0.15) is 43.9 Å². The summed E-state index contributed by atoms with van der Waals surface area (Å²) in [5.41, 5.74) is 2.85. The Kier molecular flexibility index (Phi) is 6.35. The Bertz CT molecular complexity index is 1070. The summed E-state index contributed by atoms with van der Waals surface area (Å²) in [6, 6.07) is 12.8. The molecule has 1 aliphatic rings. The van der Waals surface area contributed by atoms with E-state index in [0.717, 1.165) is 47.8 Å². The average molecular weight is 419 g/mol. The molecule has 0 spiro atoms. The normalized spacial score (nSPS) is 19.7. The SMILES string of the molecule is Cc1cccc(NC(=O)C(Cc2c[nH]c3ccccc23)NC(=O)C2CCC(C)CC2)n1. The number of rotatable bonds is 6. The number of carbonyl (C=O) groups excluding carboxylic acids is 2. The fourth-order valence-electron chi connectivity index (χ4n) is 4.37. The highest BCUT2D eigenvalue weighted by molar-refractivity contribution is 5.97. The lowest BCUT2D eigenvalue weighted by molar-refractivity contribution is -0.130. The molecule has 6 heteroatoms. The molecular weight excluding hydrogens is 388 g/mol. The van der Waals surface area contributed by atoms with Crippen LogP contribution in [-0.4, -0.2) is 27.8 Å². The second kappa shape index (κ2) is 9.33. The summed E-state index contributed by atoms with van der Waals surface area (Å²) in [6.07, 6.45) is 6.22. The van der Waals surface area contributed by atoms with E-state index in [1.807, 2.05) is 49.5 Å². The van der Waals surface area contributed by atoms with E-state index in [2.05, 4.69) is 27.5 Å². The fourth-order valence-corrected chi connectivity index (χ4v) is 4.37. The molecule has 31 heavy (non-hydrogen) atoms. The number of aromatic amines is 1. The van der Waals surface area contributed by atoms with Gasteiger partial charge in [-0.1, -0.05) is 31.2 Å². The highest BCUT2D eigenvalue weighted by Crippen LogP contribution is 2.28. The van der Waals surface area contributed by atoms with Crippen LogP contribution in [0, 0.1) is 18.8 Å². The van der Waals surface area contributed by atoms with Gasteiger partial charge in [-0.3, -0.25) is 9.59 Å².